The van der Waals surface area contributed by atoms with Gasteiger partial charge in [0, 0.05) is 12.2 Å². The Bertz CT molecular complexity index is 1620. The van der Waals surface area contributed by atoms with E-state index in [1.165, 1.54) is 45.2 Å². The molecule has 0 bridgehead atoms. The quantitative estimate of drug-likeness (QED) is 0.116. The maximum absolute atomic E-state index is 11.5. The summed E-state index contributed by atoms with van der Waals surface area (Å²) in [4.78, 5) is 23.1. The zero-order valence-corrected chi connectivity index (χ0v) is 23.7. The summed E-state index contributed by atoms with van der Waals surface area (Å²) in [5, 5.41) is 4.61. The molecule has 42 heavy (non-hydrogen) atoms. The van der Waals surface area contributed by atoms with Crippen molar-refractivity contribution in [3.05, 3.63) is 156 Å². The van der Waals surface area contributed by atoms with Gasteiger partial charge in [0.2, 0.25) is 0 Å². The second-order valence-electron chi connectivity index (χ2n) is 10.3. The third-order valence-electron chi connectivity index (χ3n) is 7.67. The predicted molar refractivity (Wildman–Crippen MR) is 169 cm³/mol. The molecule has 0 heterocycles. The zero-order chi connectivity index (χ0) is 29.3. The van der Waals surface area contributed by atoms with Crippen LogP contribution in [-0.2, 0) is 58.0 Å². The lowest BCUT2D eigenvalue weighted by molar-refractivity contribution is -0.139. The van der Waals surface area contributed by atoms with E-state index in [0.717, 1.165) is 47.6 Å². The third kappa shape index (κ3) is 6.84. The summed E-state index contributed by atoms with van der Waals surface area (Å²) in [6.45, 7) is 7.41. The minimum Gasteiger partial charge on any atom is -0.458 e. The van der Waals surface area contributed by atoms with Crippen LogP contribution in [0.2, 0.25) is 0 Å². The van der Waals surface area contributed by atoms with Crippen molar-refractivity contribution in [3.63, 3.8) is 0 Å². The number of ether oxygens (including phenoxy) is 2. The van der Waals surface area contributed by atoms with Crippen molar-refractivity contribution in [1.29, 1.82) is 0 Å². The predicted octanol–water partition coefficient (Wildman–Crippen LogP) is 8.02. The number of hydrogen-bond donors (Lipinski definition) is 0. The molecule has 0 aliphatic heterocycles. The first-order chi connectivity index (χ1) is 20.6. The molecule has 0 amide bonds. The molecular formula is C38H34O4. The Hall–Kier alpha value is -4.96. The molecule has 0 fully saturated rings. The number of carbonyl (C=O) groups excluding carboxylic acids is 2. The summed E-state index contributed by atoms with van der Waals surface area (Å²) < 4.78 is 10.6. The molecular weight excluding hydrogens is 520 g/mol. The topological polar surface area (TPSA) is 52.6 Å². The van der Waals surface area contributed by atoms with Gasteiger partial charge in [0.05, 0.1) is 0 Å². The van der Waals surface area contributed by atoms with Gasteiger partial charge in [-0.25, -0.2) is 9.59 Å². The number of fused-ring (bicyclic) bond motifs is 2. The first kappa shape index (κ1) is 28.6. The lowest BCUT2D eigenvalue weighted by Crippen LogP contribution is -2.02. The molecule has 5 aromatic rings. The van der Waals surface area contributed by atoms with Crippen molar-refractivity contribution in [3.8, 4) is 0 Å². The molecule has 0 N–H and O–H groups in total. The van der Waals surface area contributed by atoms with E-state index in [1.807, 2.05) is 12.1 Å². The summed E-state index contributed by atoms with van der Waals surface area (Å²) >= 11 is 0. The molecule has 0 aliphatic carbocycles. The number of hydrogen-bond acceptors (Lipinski definition) is 4. The summed E-state index contributed by atoms with van der Waals surface area (Å²) in [5.74, 6) is -0.830. The maximum Gasteiger partial charge on any atom is 0.330 e. The molecule has 0 radical (unpaired) electrons. The highest BCUT2D eigenvalue weighted by atomic mass is 16.5. The maximum atomic E-state index is 11.5. The van der Waals surface area contributed by atoms with E-state index in [1.54, 1.807) is 0 Å². The highest BCUT2D eigenvalue weighted by Gasteiger charge is 2.10. The largest absolute Gasteiger partial charge is 0.458 e. The normalized spacial score (nSPS) is 10.9. The van der Waals surface area contributed by atoms with Crippen LogP contribution in [0.1, 0.15) is 33.4 Å². The number of carbonyl (C=O) groups is 2. The number of benzene rings is 5. The van der Waals surface area contributed by atoms with E-state index < -0.39 is 11.9 Å². The minimum atomic E-state index is -0.415. The van der Waals surface area contributed by atoms with E-state index in [4.69, 9.17) is 9.47 Å². The van der Waals surface area contributed by atoms with E-state index in [9.17, 15) is 9.59 Å². The zero-order valence-electron chi connectivity index (χ0n) is 23.7. The van der Waals surface area contributed by atoms with Gasteiger partial charge in [-0.1, -0.05) is 110 Å². The minimum absolute atomic E-state index is 0.234. The monoisotopic (exact) mass is 554 g/mol. The molecule has 0 spiro atoms. The van der Waals surface area contributed by atoms with E-state index in [0.29, 0.717) is 0 Å². The second kappa shape index (κ2) is 13.6. The smallest absolute Gasteiger partial charge is 0.330 e. The lowest BCUT2D eigenvalue weighted by Gasteiger charge is -2.12. The highest BCUT2D eigenvalue weighted by molar-refractivity contribution is 5.90. The molecule has 210 valence electrons. The van der Waals surface area contributed by atoms with Gasteiger partial charge in [-0.3, -0.25) is 0 Å². The fourth-order valence-corrected chi connectivity index (χ4v) is 5.38. The van der Waals surface area contributed by atoms with Crippen molar-refractivity contribution in [2.45, 2.75) is 38.9 Å². The summed E-state index contributed by atoms with van der Waals surface area (Å²) in [7, 11) is 0. The summed E-state index contributed by atoms with van der Waals surface area (Å²) in [6, 6.07) is 33.9. The van der Waals surface area contributed by atoms with Gasteiger partial charge in [-0.2, -0.15) is 0 Å². The Kier molecular flexibility index (Phi) is 9.25. The molecule has 5 rings (SSSR count). The average molecular weight is 555 g/mol. The second-order valence-corrected chi connectivity index (χ2v) is 10.3. The SMILES string of the molecule is C=CC(=O)OCc1ccc(CCc2ccc(CCc3ccc(COC(=O)C=C)c4ccccc34)cc2)c2ccccc12. The standard InChI is InChI=1S/C38H34O4/c1-3-37(39)41-25-31-23-21-29(33-9-5-7-11-35(31)33)19-17-27-13-15-28(16-14-27)18-20-30-22-24-32(26-42-38(40)4-2)36-12-8-6-10-34(30)36/h3-16,21-24H,1-2,17-20,25-26H2. The molecule has 0 aromatic heterocycles. The first-order valence-electron chi connectivity index (χ1n) is 14.2. The van der Waals surface area contributed by atoms with Crippen LogP contribution in [0, 0.1) is 0 Å². The average Bonchev–Trinajstić information content (AvgIpc) is 3.04. The van der Waals surface area contributed by atoms with Gasteiger partial charge in [0.1, 0.15) is 13.2 Å². The van der Waals surface area contributed by atoms with E-state index in [2.05, 4.69) is 98.1 Å². The molecule has 0 saturated heterocycles. The summed E-state index contributed by atoms with van der Waals surface area (Å²) in [5.41, 5.74) is 7.15. The van der Waals surface area contributed by atoms with Crippen LogP contribution >= 0.6 is 0 Å². The van der Waals surface area contributed by atoms with E-state index >= 15 is 0 Å². The van der Waals surface area contributed by atoms with Crippen molar-refractivity contribution < 1.29 is 19.1 Å². The van der Waals surface area contributed by atoms with Gasteiger partial charge in [0.15, 0.2) is 0 Å². The molecule has 4 nitrogen and oxygen atoms in total. The molecule has 0 unspecified atom stereocenters. The van der Waals surface area contributed by atoms with Crippen LogP contribution in [0.5, 0.6) is 0 Å². The Labute approximate surface area is 246 Å². The molecule has 0 atom stereocenters. The van der Waals surface area contributed by atoms with Crippen molar-refractivity contribution in [2.75, 3.05) is 0 Å². The number of esters is 2. The van der Waals surface area contributed by atoms with Crippen LogP contribution in [0.4, 0.5) is 0 Å². The van der Waals surface area contributed by atoms with Gasteiger partial charge in [-0.15, -0.1) is 0 Å². The van der Waals surface area contributed by atoms with Crippen molar-refractivity contribution in [2.24, 2.45) is 0 Å². The fraction of sp³-hybridized carbons (Fsp3) is 0.158. The van der Waals surface area contributed by atoms with Gasteiger partial charge in [0.25, 0.3) is 0 Å². The molecule has 4 heteroatoms. The van der Waals surface area contributed by atoms with Crippen molar-refractivity contribution in [1.82, 2.24) is 0 Å². The van der Waals surface area contributed by atoms with Crippen LogP contribution < -0.4 is 0 Å². The Morgan fingerprint density at radius 2 is 0.810 bits per heavy atom. The third-order valence-corrected chi connectivity index (χ3v) is 7.67. The summed E-state index contributed by atoms with van der Waals surface area (Å²) in [6.07, 6.45) is 6.11. The van der Waals surface area contributed by atoms with Crippen LogP contribution in [0.25, 0.3) is 21.5 Å². The number of rotatable bonds is 12. The van der Waals surface area contributed by atoms with Crippen LogP contribution in [-0.4, -0.2) is 11.9 Å². The molecule has 5 aromatic carbocycles. The van der Waals surface area contributed by atoms with Gasteiger partial charge in [-0.05, 0) is 80.6 Å². The lowest BCUT2D eigenvalue weighted by atomic mass is 9.94. The first-order valence-corrected chi connectivity index (χ1v) is 14.2. The highest BCUT2D eigenvalue weighted by Crippen LogP contribution is 2.27. The van der Waals surface area contributed by atoms with E-state index in [-0.39, 0.29) is 13.2 Å². The number of aryl methyl sites for hydroxylation is 4. The van der Waals surface area contributed by atoms with Gasteiger partial charge < -0.3 is 9.47 Å². The Balaban J connectivity index is 1.22. The van der Waals surface area contributed by atoms with Crippen LogP contribution in [0.3, 0.4) is 0 Å². The fourth-order valence-electron chi connectivity index (χ4n) is 5.38. The van der Waals surface area contributed by atoms with Gasteiger partial charge >= 0.3 is 11.9 Å². The Morgan fingerprint density at radius 3 is 1.17 bits per heavy atom. The molecule has 0 aliphatic rings. The Morgan fingerprint density at radius 1 is 0.476 bits per heavy atom. The van der Waals surface area contributed by atoms with Crippen LogP contribution in [0.15, 0.2) is 122 Å². The van der Waals surface area contributed by atoms with Crippen molar-refractivity contribution >= 4 is 33.5 Å². The molecule has 0 saturated carbocycles.